The molecular formula is C13H19ClN2O2S. The lowest BCUT2D eigenvalue weighted by Crippen LogP contribution is -2.57. The molecule has 6 heteroatoms. The molecule has 1 aliphatic heterocycles. The second-order valence-electron chi connectivity index (χ2n) is 4.71. The predicted octanol–water partition coefficient (Wildman–Crippen LogP) is 1.41. The van der Waals surface area contributed by atoms with Crippen molar-refractivity contribution in [3.8, 4) is 0 Å². The van der Waals surface area contributed by atoms with Gasteiger partial charge >= 0.3 is 0 Å². The number of benzene rings is 1. The van der Waals surface area contributed by atoms with Gasteiger partial charge in [-0.1, -0.05) is 18.5 Å². The van der Waals surface area contributed by atoms with Crippen molar-refractivity contribution in [3.63, 3.8) is 0 Å². The Balaban J connectivity index is 1.98. The number of nitrogens with zero attached hydrogens (tertiary/aromatic N) is 1. The van der Waals surface area contributed by atoms with Crippen LogP contribution in [-0.4, -0.2) is 51.3 Å². The summed E-state index contributed by atoms with van der Waals surface area (Å²) in [5.74, 6) is 0.152. The van der Waals surface area contributed by atoms with E-state index in [1.165, 1.54) is 0 Å². The average Bonchev–Trinajstić information content (AvgIpc) is 2.32. The smallest absolute Gasteiger partial charge is 0.179 e. The standard InChI is InChI=1S/C13H19ClN2O2S/c1-2-16(12-9-15-10-12)7-8-19(17,18)13-5-3-11(14)4-6-13/h3-6,12,15H,2,7-10H2,1H3. The molecule has 0 unspecified atom stereocenters. The number of sulfone groups is 1. The SMILES string of the molecule is CCN(CCS(=O)(=O)c1ccc(Cl)cc1)C1CNC1. The molecule has 0 atom stereocenters. The van der Waals surface area contributed by atoms with E-state index in [1.807, 2.05) is 0 Å². The number of halogens is 1. The molecule has 106 valence electrons. The summed E-state index contributed by atoms with van der Waals surface area (Å²) in [5, 5.41) is 3.76. The van der Waals surface area contributed by atoms with Gasteiger partial charge in [0.15, 0.2) is 9.84 Å². The first-order chi connectivity index (χ1) is 9.03. The second-order valence-corrected chi connectivity index (χ2v) is 7.26. The van der Waals surface area contributed by atoms with Crippen molar-refractivity contribution in [2.75, 3.05) is 31.9 Å². The zero-order valence-corrected chi connectivity index (χ0v) is 12.5. The maximum Gasteiger partial charge on any atom is 0.179 e. The third-order valence-corrected chi connectivity index (χ3v) is 5.46. The topological polar surface area (TPSA) is 49.4 Å². The summed E-state index contributed by atoms with van der Waals surface area (Å²) in [4.78, 5) is 2.56. The Bertz CT molecular complexity index is 512. The van der Waals surface area contributed by atoms with Crippen molar-refractivity contribution in [2.24, 2.45) is 0 Å². The van der Waals surface area contributed by atoms with Gasteiger partial charge in [-0.25, -0.2) is 8.42 Å². The Labute approximate surface area is 119 Å². The summed E-state index contributed by atoms with van der Waals surface area (Å²) in [6.07, 6.45) is 0. The fourth-order valence-corrected chi connectivity index (χ4v) is 3.52. The Kier molecular flexibility index (Phi) is 4.84. The zero-order valence-electron chi connectivity index (χ0n) is 11.0. The highest BCUT2D eigenvalue weighted by atomic mass is 35.5. The lowest BCUT2D eigenvalue weighted by atomic mass is 10.1. The molecule has 0 bridgehead atoms. The van der Waals surface area contributed by atoms with Crippen molar-refractivity contribution >= 4 is 21.4 Å². The van der Waals surface area contributed by atoms with Crippen molar-refractivity contribution in [1.82, 2.24) is 10.2 Å². The summed E-state index contributed by atoms with van der Waals surface area (Å²) in [6.45, 7) is 5.42. The molecule has 0 aromatic heterocycles. The Morgan fingerprint density at radius 2 is 1.95 bits per heavy atom. The molecule has 1 aliphatic rings. The van der Waals surface area contributed by atoms with Crippen LogP contribution in [0.5, 0.6) is 0 Å². The maximum absolute atomic E-state index is 12.2. The first-order valence-corrected chi connectivity index (χ1v) is 8.49. The summed E-state index contributed by atoms with van der Waals surface area (Å²) >= 11 is 5.77. The van der Waals surface area contributed by atoms with E-state index in [0.29, 0.717) is 22.5 Å². The van der Waals surface area contributed by atoms with Crippen LogP contribution in [0.15, 0.2) is 29.2 Å². The number of likely N-dealkylation sites (N-methyl/N-ethyl adjacent to an activating group) is 1. The summed E-state index contributed by atoms with van der Waals surface area (Å²) < 4.78 is 24.4. The van der Waals surface area contributed by atoms with E-state index in [4.69, 9.17) is 11.6 Å². The van der Waals surface area contributed by atoms with Gasteiger partial charge in [0.05, 0.1) is 10.6 Å². The Hall–Kier alpha value is -0.620. The van der Waals surface area contributed by atoms with Crippen LogP contribution in [0.1, 0.15) is 6.92 Å². The van der Waals surface area contributed by atoms with E-state index in [0.717, 1.165) is 19.6 Å². The molecule has 1 heterocycles. The highest BCUT2D eigenvalue weighted by Gasteiger charge is 2.25. The number of nitrogens with one attached hydrogen (secondary N) is 1. The molecule has 0 radical (unpaired) electrons. The van der Waals surface area contributed by atoms with Gasteiger partial charge in [0.25, 0.3) is 0 Å². The molecule has 0 spiro atoms. The first kappa shape index (κ1) is 14.8. The van der Waals surface area contributed by atoms with Gasteiger partial charge in [0.1, 0.15) is 0 Å². The van der Waals surface area contributed by atoms with E-state index < -0.39 is 9.84 Å². The van der Waals surface area contributed by atoms with E-state index in [9.17, 15) is 8.42 Å². The van der Waals surface area contributed by atoms with Crippen LogP contribution >= 0.6 is 11.6 Å². The minimum atomic E-state index is -3.22. The van der Waals surface area contributed by atoms with Crippen LogP contribution in [-0.2, 0) is 9.84 Å². The van der Waals surface area contributed by atoms with Gasteiger partial charge in [-0.05, 0) is 30.8 Å². The molecule has 2 rings (SSSR count). The fourth-order valence-electron chi connectivity index (χ4n) is 2.13. The summed E-state index contributed by atoms with van der Waals surface area (Å²) in [5.41, 5.74) is 0. The first-order valence-electron chi connectivity index (χ1n) is 6.46. The minimum absolute atomic E-state index is 0.152. The molecule has 1 fully saturated rings. The molecular weight excluding hydrogens is 284 g/mol. The van der Waals surface area contributed by atoms with Gasteiger partial charge in [-0.15, -0.1) is 0 Å². The van der Waals surface area contributed by atoms with E-state index >= 15 is 0 Å². The largest absolute Gasteiger partial charge is 0.314 e. The summed E-state index contributed by atoms with van der Waals surface area (Å²) in [7, 11) is -3.22. The van der Waals surface area contributed by atoms with E-state index in [1.54, 1.807) is 24.3 Å². The van der Waals surface area contributed by atoms with E-state index in [-0.39, 0.29) is 5.75 Å². The third kappa shape index (κ3) is 3.69. The monoisotopic (exact) mass is 302 g/mol. The highest BCUT2D eigenvalue weighted by Crippen LogP contribution is 2.16. The highest BCUT2D eigenvalue weighted by molar-refractivity contribution is 7.91. The predicted molar refractivity (Wildman–Crippen MR) is 77.4 cm³/mol. The molecule has 0 amide bonds. The van der Waals surface area contributed by atoms with E-state index in [2.05, 4.69) is 17.1 Å². The molecule has 0 aliphatic carbocycles. The van der Waals surface area contributed by atoms with Crippen molar-refractivity contribution < 1.29 is 8.42 Å². The normalized spacial score (nSPS) is 16.6. The van der Waals surface area contributed by atoms with Crippen molar-refractivity contribution in [1.29, 1.82) is 0 Å². The third-order valence-electron chi connectivity index (χ3n) is 3.50. The van der Waals surface area contributed by atoms with Gasteiger partial charge in [0, 0.05) is 30.7 Å². The van der Waals surface area contributed by atoms with Crippen molar-refractivity contribution in [3.05, 3.63) is 29.3 Å². The lowest BCUT2D eigenvalue weighted by molar-refractivity contribution is 0.161. The maximum atomic E-state index is 12.2. The molecule has 4 nitrogen and oxygen atoms in total. The van der Waals surface area contributed by atoms with Gasteiger partial charge < -0.3 is 5.32 Å². The van der Waals surface area contributed by atoms with Crippen LogP contribution in [0.2, 0.25) is 5.02 Å². The summed E-state index contributed by atoms with van der Waals surface area (Å²) in [6, 6.07) is 6.84. The number of rotatable bonds is 6. The van der Waals surface area contributed by atoms with Crippen LogP contribution in [0, 0.1) is 0 Å². The Morgan fingerprint density at radius 1 is 1.32 bits per heavy atom. The molecule has 1 saturated heterocycles. The molecule has 1 aromatic rings. The number of hydrogen-bond donors (Lipinski definition) is 1. The van der Waals surface area contributed by atoms with Crippen LogP contribution in [0.3, 0.4) is 0 Å². The van der Waals surface area contributed by atoms with Crippen LogP contribution in [0.25, 0.3) is 0 Å². The molecule has 1 N–H and O–H groups in total. The van der Waals surface area contributed by atoms with Gasteiger partial charge in [-0.3, -0.25) is 4.90 Å². The minimum Gasteiger partial charge on any atom is -0.314 e. The lowest BCUT2D eigenvalue weighted by Gasteiger charge is -2.37. The van der Waals surface area contributed by atoms with Crippen LogP contribution < -0.4 is 5.32 Å². The zero-order chi connectivity index (χ0) is 13.9. The van der Waals surface area contributed by atoms with Gasteiger partial charge in [-0.2, -0.15) is 0 Å². The molecule has 1 aromatic carbocycles. The molecule has 19 heavy (non-hydrogen) atoms. The molecule has 0 saturated carbocycles. The second kappa shape index (κ2) is 6.22. The quantitative estimate of drug-likeness (QED) is 0.863. The Morgan fingerprint density at radius 3 is 2.42 bits per heavy atom. The fraction of sp³-hybridized carbons (Fsp3) is 0.538. The number of hydrogen-bond acceptors (Lipinski definition) is 4. The van der Waals surface area contributed by atoms with Crippen LogP contribution in [0.4, 0.5) is 0 Å². The van der Waals surface area contributed by atoms with Crippen molar-refractivity contribution in [2.45, 2.75) is 17.9 Å². The average molecular weight is 303 g/mol. The van der Waals surface area contributed by atoms with Gasteiger partial charge in [0.2, 0.25) is 0 Å².